The van der Waals surface area contributed by atoms with E-state index in [4.69, 9.17) is 19.9 Å². The SMILES string of the molecule is c1ccc(-c2ccc(-c3nc(-c4ccccc4)nc(-c4ccc(-c5nc6ccccc6c6ccc7c(c56)-c5ccccc5C75c6ccccc6-c6ccccc65)cc4)n3)cc2)cc1. The molecule has 2 aliphatic rings. The van der Waals surface area contributed by atoms with Crippen LogP contribution in [0.1, 0.15) is 22.3 Å². The Balaban J connectivity index is 0.998. The summed E-state index contributed by atoms with van der Waals surface area (Å²) in [6.07, 6.45) is 0. The first kappa shape index (κ1) is 35.4. The third-order valence-corrected chi connectivity index (χ3v) is 13.2. The van der Waals surface area contributed by atoms with Crippen molar-refractivity contribution in [1.82, 2.24) is 19.9 Å². The fraction of sp³-hybridized carbons (Fsp3) is 0.0169. The van der Waals surface area contributed by atoms with E-state index >= 15 is 0 Å². The van der Waals surface area contributed by atoms with Gasteiger partial charge in [-0.05, 0) is 67.1 Å². The number of hydrogen-bond acceptors (Lipinski definition) is 4. The molecule has 0 fully saturated rings. The Bertz CT molecular complexity index is 3550. The minimum atomic E-state index is -0.450. The molecule has 0 radical (unpaired) electrons. The molecule has 0 aliphatic heterocycles. The molecule has 0 amide bonds. The summed E-state index contributed by atoms with van der Waals surface area (Å²) in [6.45, 7) is 0. The van der Waals surface area contributed by atoms with Crippen LogP contribution >= 0.6 is 0 Å². The second kappa shape index (κ2) is 13.8. The number of pyridine rings is 1. The lowest BCUT2D eigenvalue weighted by Gasteiger charge is -2.30. The Kier molecular flexibility index (Phi) is 7.79. The zero-order valence-electron chi connectivity index (χ0n) is 34.1. The molecule has 2 aliphatic carbocycles. The highest BCUT2D eigenvalue weighted by atomic mass is 15.0. The van der Waals surface area contributed by atoms with E-state index in [0.29, 0.717) is 17.5 Å². The van der Waals surface area contributed by atoms with Crippen LogP contribution in [0.25, 0.3) is 100 Å². The molecule has 0 saturated heterocycles. The Morgan fingerprint density at radius 3 is 1.30 bits per heavy atom. The van der Waals surface area contributed by atoms with Crippen molar-refractivity contribution in [2.45, 2.75) is 5.41 Å². The van der Waals surface area contributed by atoms with Gasteiger partial charge in [-0.3, -0.25) is 0 Å². The maximum Gasteiger partial charge on any atom is 0.164 e. The van der Waals surface area contributed by atoms with Gasteiger partial charge in [-0.15, -0.1) is 0 Å². The first-order valence-corrected chi connectivity index (χ1v) is 21.5. The molecule has 1 spiro atoms. The van der Waals surface area contributed by atoms with E-state index in [0.717, 1.165) is 49.8 Å². The summed E-state index contributed by atoms with van der Waals surface area (Å²) in [5, 5.41) is 3.50. The fourth-order valence-corrected chi connectivity index (χ4v) is 10.4. The van der Waals surface area contributed by atoms with Crippen molar-refractivity contribution in [2.75, 3.05) is 0 Å². The van der Waals surface area contributed by atoms with Crippen LogP contribution in [0, 0.1) is 0 Å². The predicted octanol–water partition coefficient (Wildman–Crippen LogP) is 14.3. The van der Waals surface area contributed by atoms with Crippen LogP contribution in [0.4, 0.5) is 0 Å². The summed E-state index contributed by atoms with van der Waals surface area (Å²) >= 11 is 0. The van der Waals surface area contributed by atoms with Crippen molar-refractivity contribution in [1.29, 1.82) is 0 Å². The molecule has 11 aromatic rings. The third kappa shape index (κ3) is 5.28. The zero-order chi connectivity index (χ0) is 41.5. The lowest BCUT2D eigenvalue weighted by atomic mass is 9.70. The molecule has 0 bridgehead atoms. The molecule has 13 rings (SSSR count). The summed E-state index contributed by atoms with van der Waals surface area (Å²) in [5.41, 5.74) is 17.9. The van der Waals surface area contributed by atoms with E-state index < -0.39 is 5.41 Å². The van der Waals surface area contributed by atoms with Crippen LogP contribution in [0.2, 0.25) is 0 Å². The number of para-hydroxylation sites is 1. The third-order valence-electron chi connectivity index (χ3n) is 13.2. The first-order chi connectivity index (χ1) is 31.2. The molecule has 4 nitrogen and oxygen atoms in total. The molecule has 4 heteroatoms. The van der Waals surface area contributed by atoms with Gasteiger partial charge in [0.2, 0.25) is 0 Å². The summed E-state index contributed by atoms with van der Waals surface area (Å²) in [6, 6.07) is 77.9. The Morgan fingerprint density at radius 2 is 0.698 bits per heavy atom. The summed E-state index contributed by atoms with van der Waals surface area (Å²) in [5.74, 6) is 1.87. The smallest absolute Gasteiger partial charge is 0.164 e. The van der Waals surface area contributed by atoms with Crippen molar-refractivity contribution in [2.24, 2.45) is 0 Å². The number of fused-ring (bicyclic) bond motifs is 14. The van der Waals surface area contributed by atoms with Crippen molar-refractivity contribution >= 4 is 21.7 Å². The van der Waals surface area contributed by atoms with Crippen molar-refractivity contribution in [3.63, 3.8) is 0 Å². The average Bonchev–Trinajstić information content (AvgIpc) is 3.84. The van der Waals surface area contributed by atoms with Gasteiger partial charge in [0.05, 0.1) is 16.6 Å². The molecule has 0 saturated carbocycles. The number of aromatic nitrogens is 4. The first-order valence-electron chi connectivity index (χ1n) is 21.5. The van der Waals surface area contributed by atoms with Crippen LogP contribution in [0.5, 0.6) is 0 Å². The van der Waals surface area contributed by atoms with Gasteiger partial charge in [-0.2, -0.15) is 0 Å². The Labute approximate surface area is 364 Å². The molecule has 2 heterocycles. The van der Waals surface area contributed by atoms with Crippen LogP contribution in [-0.2, 0) is 5.41 Å². The Morgan fingerprint density at radius 1 is 0.270 bits per heavy atom. The van der Waals surface area contributed by atoms with Crippen molar-refractivity contribution < 1.29 is 0 Å². The number of hydrogen-bond donors (Lipinski definition) is 0. The molecule has 9 aromatic carbocycles. The highest BCUT2D eigenvalue weighted by Crippen LogP contribution is 2.64. The van der Waals surface area contributed by atoms with Gasteiger partial charge in [0.1, 0.15) is 0 Å². The van der Waals surface area contributed by atoms with Gasteiger partial charge in [-0.25, -0.2) is 19.9 Å². The number of benzene rings is 9. The van der Waals surface area contributed by atoms with Gasteiger partial charge >= 0.3 is 0 Å². The normalized spacial score (nSPS) is 12.9. The van der Waals surface area contributed by atoms with E-state index in [-0.39, 0.29) is 0 Å². The minimum absolute atomic E-state index is 0.450. The van der Waals surface area contributed by atoms with E-state index in [2.05, 4.69) is 182 Å². The van der Waals surface area contributed by atoms with Gasteiger partial charge < -0.3 is 0 Å². The second-order valence-electron chi connectivity index (χ2n) is 16.5. The van der Waals surface area contributed by atoms with Crippen LogP contribution < -0.4 is 0 Å². The topological polar surface area (TPSA) is 51.6 Å². The lowest BCUT2D eigenvalue weighted by Crippen LogP contribution is -2.25. The highest BCUT2D eigenvalue weighted by molar-refractivity contribution is 6.19. The standard InChI is InChI=1S/C59H36N4/c1-3-15-37(16-4-1)38-27-31-41(32-28-38)57-61-56(40-17-5-2-6-18-40)62-58(63-57)42-33-29-39(30-34-42)55-54-46(45-21-10-14-26-52(45)60-55)35-36-51-53(54)47-22-9-13-25-50(47)59(51)48-23-11-7-19-43(48)44-20-8-12-24-49(44)59/h1-36H. The van der Waals surface area contributed by atoms with Crippen LogP contribution in [0.15, 0.2) is 218 Å². The molecular formula is C59H36N4. The number of nitrogens with zero attached hydrogens (tertiary/aromatic N) is 4. The highest BCUT2D eigenvalue weighted by Gasteiger charge is 2.52. The van der Waals surface area contributed by atoms with Gasteiger partial charge in [-0.1, -0.05) is 212 Å². The molecule has 292 valence electrons. The predicted molar refractivity (Wildman–Crippen MR) is 256 cm³/mol. The van der Waals surface area contributed by atoms with E-state index in [9.17, 15) is 0 Å². The van der Waals surface area contributed by atoms with Crippen molar-refractivity contribution in [3.05, 3.63) is 241 Å². The minimum Gasteiger partial charge on any atom is -0.247 e. The zero-order valence-corrected chi connectivity index (χ0v) is 34.1. The average molecular weight is 801 g/mol. The largest absolute Gasteiger partial charge is 0.247 e. The van der Waals surface area contributed by atoms with Crippen LogP contribution in [0.3, 0.4) is 0 Å². The molecule has 63 heavy (non-hydrogen) atoms. The molecule has 2 aromatic heterocycles. The summed E-state index contributed by atoms with van der Waals surface area (Å²) < 4.78 is 0. The molecule has 0 N–H and O–H groups in total. The van der Waals surface area contributed by atoms with E-state index in [1.54, 1.807) is 0 Å². The lowest BCUT2D eigenvalue weighted by molar-refractivity contribution is 0.794. The fourth-order valence-electron chi connectivity index (χ4n) is 10.4. The van der Waals surface area contributed by atoms with Crippen LogP contribution in [-0.4, -0.2) is 19.9 Å². The number of rotatable bonds is 5. The molecule has 0 unspecified atom stereocenters. The van der Waals surface area contributed by atoms with E-state index in [1.807, 2.05) is 36.4 Å². The van der Waals surface area contributed by atoms with E-state index in [1.165, 1.54) is 55.5 Å². The maximum absolute atomic E-state index is 5.53. The van der Waals surface area contributed by atoms with Gasteiger partial charge in [0, 0.05) is 33.0 Å². The summed E-state index contributed by atoms with van der Waals surface area (Å²) in [7, 11) is 0. The quantitative estimate of drug-likeness (QED) is 0.163. The van der Waals surface area contributed by atoms with Gasteiger partial charge in [0.15, 0.2) is 17.5 Å². The Hall–Kier alpha value is -8.34. The van der Waals surface area contributed by atoms with Crippen molar-refractivity contribution in [3.8, 4) is 78.8 Å². The second-order valence-corrected chi connectivity index (χ2v) is 16.5. The summed E-state index contributed by atoms with van der Waals surface area (Å²) in [4.78, 5) is 20.7. The maximum atomic E-state index is 5.53. The van der Waals surface area contributed by atoms with Gasteiger partial charge in [0.25, 0.3) is 0 Å². The monoisotopic (exact) mass is 800 g/mol. The molecule has 0 atom stereocenters. The molecular weight excluding hydrogens is 765 g/mol.